The normalized spacial score (nSPS) is 13.6. The minimum atomic E-state index is -1.44. The van der Waals surface area contributed by atoms with E-state index < -0.39 is 73.1 Å². The molecule has 0 rings (SSSR count). The molecule has 9 N–H and O–H groups in total. The van der Waals surface area contributed by atoms with Crippen LogP contribution in [0.3, 0.4) is 0 Å². The van der Waals surface area contributed by atoms with Crippen molar-refractivity contribution >= 4 is 35.6 Å². The smallest absolute Gasteiger partial charge is 0.326 e. The van der Waals surface area contributed by atoms with Crippen molar-refractivity contribution in [1.82, 2.24) is 16.0 Å². The Morgan fingerprint density at radius 2 is 1.40 bits per heavy atom. The fourth-order valence-corrected chi connectivity index (χ4v) is 2.44. The van der Waals surface area contributed by atoms with Gasteiger partial charge < -0.3 is 37.6 Å². The van der Waals surface area contributed by atoms with Crippen LogP contribution in [0, 0.1) is 5.92 Å². The summed E-state index contributed by atoms with van der Waals surface area (Å²) in [5.74, 6) is -6.17. The Kier molecular flexibility index (Phi) is 11.7. The largest absolute Gasteiger partial charge is 0.481 e. The highest BCUT2D eigenvalue weighted by molar-refractivity contribution is 5.95. The predicted octanol–water partition coefficient (Wildman–Crippen LogP) is -2.73. The molecule has 13 heteroatoms. The third-order valence-corrected chi connectivity index (χ3v) is 3.84. The molecule has 0 saturated heterocycles. The van der Waals surface area contributed by atoms with E-state index in [0.717, 1.165) is 0 Å². The van der Waals surface area contributed by atoms with Crippen molar-refractivity contribution < 1.29 is 39.0 Å². The summed E-state index contributed by atoms with van der Waals surface area (Å²) in [6.07, 6.45) is -1.33. The fourth-order valence-electron chi connectivity index (χ4n) is 2.44. The molecule has 0 spiro atoms. The summed E-state index contributed by atoms with van der Waals surface area (Å²) in [5, 5.41) is 24.8. The summed E-state index contributed by atoms with van der Waals surface area (Å²) in [4.78, 5) is 69.9. The lowest BCUT2D eigenvalue weighted by Gasteiger charge is -2.24. The first-order valence-electron chi connectivity index (χ1n) is 9.20. The molecule has 0 aromatic heterocycles. The molecule has 0 heterocycles. The highest BCUT2D eigenvalue weighted by Crippen LogP contribution is 2.07. The van der Waals surface area contributed by atoms with Crippen molar-refractivity contribution in [3.63, 3.8) is 0 Å². The van der Waals surface area contributed by atoms with Gasteiger partial charge in [-0.25, -0.2) is 4.79 Å². The molecule has 170 valence electrons. The average Bonchev–Trinajstić information content (AvgIpc) is 2.62. The Bertz CT molecular complexity index is 667. The van der Waals surface area contributed by atoms with Crippen molar-refractivity contribution in [2.75, 3.05) is 6.54 Å². The highest BCUT2D eigenvalue weighted by atomic mass is 16.4. The molecule has 3 atom stereocenters. The van der Waals surface area contributed by atoms with E-state index >= 15 is 0 Å². The number of rotatable bonds is 14. The highest BCUT2D eigenvalue weighted by Gasteiger charge is 2.30. The molecule has 0 aromatic carbocycles. The van der Waals surface area contributed by atoms with Crippen LogP contribution in [0.25, 0.3) is 0 Å². The van der Waals surface area contributed by atoms with Crippen LogP contribution in [0.15, 0.2) is 0 Å². The zero-order valence-corrected chi connectivity index (χ0v) is 16.8. The molecule has 0 radical (unpaired) electrons. The topological polar surface area (TPSA) is 231 Å². The number of hydrogen-bond acceptors (Lipinski definition) is 7. The number of hydrogen-bond donors (Lipinski definition) is 7. The van der Waals surface area contributed by atoms with Crippen molar-refractivity contribution in [2.24, 2.45) is 17.4 Å². The second-order valence-corrected chi connectivity index (χ2v) is 7.02. The molecule has 0 aliphatic heterocycles. The number of carbonyl (C=O) groups excluding carboxylic acids is 4. The quantitative estimate of drug-likeness (QED) is 0.151. The number of primary amides is 1. The fraction of sp³-hybridized carbons (Fsp3) is 0.647. The third kappa shape index (κ3) is 10.9. The van der Waals surface area contributed by atoms with Crippen LogP contribution in [0.4, 0.5) is 0 Å². The Balaban J connectivity index is 5.45. The third-order valence-electron chi connectivity index (χ3n) is 3.84. The molecular weight excluding hydrogens is 402 g/mol. The van der Waals surface area contributed by atoms with E-state index in [1.54, 1.807) is 13.8 Å². The van der Waals surface area contributed by atoms with Crippen molar-refractivity contribution in [2.45, 2.75) is 57.7 Å². The molecule has 0 fully saturated rings. The van der Waals surface area contributed by atoms with Crippen molar-refractivity contribution in [3.8, 4) is 0 Å². The van der Waals surface area contributed by atoms with Gasteiger partial charge in [-0.3, -0.25) is 24.0 Å². The number of carboxylic acid groups (broad SMARTS) is 2. The molecule has 3 unspecified atom stereocenters. The van der Waals surface area contributed by atoms with Gasteiger partial charge in [-0.2, -0.15) is 0 Å². The lowest BCUT2D eigenvalue weighted by atomic mass is 10.0. The minimum absolute atomic E-state index is 0.0649. The minimum Gasteiger partial charge on any atom is -0.481 e. The molecule has 0 aromatic rings. The molecule has 0 saturated carbocycles. The van der Waals surface area contributed by atoms with Crippen LogP contribution < -0.4 is 27.4 Å². The Morgan fingerprint density at radius 3 is 1.83 bits per heavy atom. The summed E-state index contributed by atoms with van der Waals surface area (Å²) in [5.41, 5.74) is 10.2. The van der Waals surface area contributed by atoms with Gasteiger partial charge in [-0.15, -0.1) is 0 Å². The zero-order valence-electron chi connectivity index (χ0n) is 16.8. The molecule has 0 aliphatic rings. The van der Waals surface area contributed by atoms with Gasteiger partial charge in [0.1, 0.15) is 18.1 Å². The number of nitrogens with one attached hydrogen (secondary N) is 3. The van der Waals surface area contributed by atoms with Crippen LogP contribution in [-0.2, 0) is 28.8 Å². The Morgan fingerprint density at radius 1 is 0.867 bits per heavy atom. The first-order chi connectivity index (χ1) is 13.9. The Labute approximate surface area is 172 Å². The summed E-state index contributed by atoms with van der Waals surface area (Å²) in [7, 11) is 0. The van der Waals surface area contributed by atoms with E-state index in [-0.39, 0.29) is 18.8 Å². The van der Waals surface area contributed by atoms with Gasteiger partial charge >= 0.3 is 11.9 Å². The van der Waals surface area contributed by atoms with Gasteiger partial charge in [0, 0.05) is 6.42 Å². The maximum Gasteiger partial charge on any atom is 0.326 e. The second-order valence-electron chi connectivity index (χ2n) is 7.02. The maximum atomic E-state index is 12.5. The molecule has 4 amide bonds. The molecule has 13 nitrogen and oxygen atoms in total. The van der Waals surface area contributed by atoms with Gasteiger partial charge in [0.15, 0.2) is 0 Å². The zero-order chi connectivity index (χ0) is 23.4. The molecule has 30 heavy (non-hydrogen) atoms. The maximum absolute atomic E-state index is 12.5. The summed E-state index contributed by atoms with van der Waals surface area (Å²) >= 11 is 0. The van der Waals surface area contributed by atoms with Crippen LogP contribution in [0.5, 0.6) is 0 Å². The second kappa shape index (κ2) is 13.1. The van der Waals surface area contributed by atoms with Crippen LogP contribution in [0.2, 0.25) is 0 Å². The first-order valence-corrected chi connectivity index (χ1v) is 9.20. The summed E-state index contributed by atoms with van der Waals surface area (Å²) in [6.45, 7) is 3.03. The number of amides is 4. The number of aliphatic carboxylic acids is 2. The van der Waals surface area contributed by atoms with Crippen LogP contribution in [-0.4, -0.2) is 70.5 Å². The monoisotopic (exact) mass is 431 g/mol. The number of carbonyl (C=O) groups is 6. The molecular formula is C17H29N5O8. The van der Waals surface area contributed by atoms with E-state index in [0.29, 0.717) is 0 Å². The van der Waals surface area contributed by atoms with Gasteiger partial charge in [0.25, 0.3) is 0 Å². The first kappa shape index (κ1) is 26.8. The van der Waals surface area contributed by atoms with Crippen molar-refractivity contribution in [1.29, 1.82) is 0 Å². The standard InChI is InChI=1S/C17H29N5O8/c1-8(2)5-11(17(29)30)22-15(27)9(3-4-14(25)26)21-16(28)10(6-12(19)23)20-13(24)7-18/h8-11H,3-7,18H2,1-2H3,(H2,19,23)(H,20,24)(H,21,28)(H,22,27)(H,25,26)(H,29,30). The number of carboxylic acids is 2. The Hall–Kier alpha value is -3.22. The van der Waals surface area contributed by atoms with Gasteiger partial charge in [0.05, 0.1) is 13.0 Å². The van der Waals surface area contributed by atoms with Crippen LogP contribution >= 0.6 is 0 Å². The van der Waals surface area contributed by atoms with E-state index in [1.807, 2.05) is 0 Å². The number of nitrogens with two attached hydrogens (primary N) is 2. The molecule has 0 aliphatic carbocycles. The van der Waals surface area contributed by atoms with E-state index in [1.165, 1.54) is 0 Å². The van der Waals surface area contributed by atoms with Gasteiger partial charge in [-0.05, 0) is 18.8 Å². The van der Waals surface area contributed by atoms with Crippen molar-refractivity contribution in [3.05, 3.63) is 0 Å². The average molecular weight is 431 g/mol. The lowest BCUT2D eigenvalue weighted by Crippen LogP contribution is -2.57. The van der Waals surface area contributed by atoms with E-state index in [2.05, 4.69) is 16.0 Å². The van der Waals surface area contributed by atoms with Crippen LogP contribution in [0.1, 0.15) is 39.5 Å². The predicted molar refractivity (Wildman–Crippen MR) is 103 cm³/mol. The van der Waals surface area contributed by atoms with Gasteiger partial charge in [0.2, 0.25) is 23.6 Å². The van der Waals surface area contributed by atoms with Gasteiger partial charge in [-0.1, -0.05) is 13.8 Å². The lowest BCUT2D eigenvalue weighted by molar-refractivity contribution is -0.143. The van der Waals surface area contributed by atoms with E-state index in [9.17, 15) is 33.9 Å². The van der Waals surface area contributed by atoms with E-state index in [4.69, 9.17) is 16.6 Å². The SMILES string of the molecule is CC(C)CC(NC(=O)C(CCC(=O)O)NC(=O)C(CC(N)=O)NC(=O)CN)C(=O)O. The summed E-state index contributed by atoms with van der Waals surface area (Å²) in [6, 6.07) is -4.11. The summed E-state index contributed by atoms with van der Waals surface area (Å²) < 4.78 is 0. The molecule has 0 bridgehead atoms.